The fourth-order valence-electron chi connectivity index (χ4n) is 3.40. The molecular formula is C21H23N5O. The zero-order chi connectivity index (χ0) is 18.7. The van der Waals surface area contributed by atoms with E-state index in [9.17, 15) is 4.79 Å². The summed E-state index contributed by atoms with van der Waals surface area (Å²) in [5.74, 6) is 0.0765. The molecule has 1 aromatic carbocycles. The van der Waals surface area contributed by atoms with Crippen molar-refractivity contribution in [3.8, 4) is 5.69 Å². The predicted octanol–water partition coefficient (Wildman–Crippen LogP) is 2.55. The highest BCUT2D eigenvalue weighted by molar-refractivity contribution is 5.86. The van der Waals surface area contributed by atoms with E-state index in [0.29, 0.717) is 6.54 Å². The monoisotopic (exact) mass is 361 g/mol. The van der Waals surface area contributed by atoms with Crippen molar-refractivity contribution in [2.45, 2.75) is 32.0 Å². The lowest BCUT2D eigenvalue weighted by atomic mass is 9.85. The first-order chi connectivity index (χ1) is 13.1. The van der Waals surface area contributed by atoms with Crippen LogP contribution in [0.1, 0.15) is 24.5 Å². The van der Waals surface area contributed by atoms with Crippen molar-refractivity contribution in [2.75, 3.05) is 6.54 Å². The second-order valence-corrected chi connectivity index (χ2v) is 7.13. The van der Waals surface area contributed by atoms with Gasteiger partial charge in [-0.25, -0.2) is 4.98 Å². The summed E-state index contributed by atoms with van der Waals surface area (Å²) in [5, 5.41) is 3.05. The molecule has 1 unspecified atom stereocenters. The van der Waals surface area contributed by atoms with Gasteiger partial charge in [0.25, 0.3) is 0 Å². The van der Waals surface area contributed by atoms with Gasteiger partial charge in [-0.2, -0.15) is 0 Å². The second-order valence-electron chi connectivity index (χ2n) is 7.13. The minimum Gasteiger partial charge on any atom is -0.350 e. The minimum atomic E-state index is -0.453. The largest absolute Gasteiger partial charge is 0.350 e. The van der Waals surface area contributed by atoms with E-state index in [1.54, 1.807) is 24.9 Å². The highest BCUT2D eigenvalue weighted by Crippen LogP contribution is 2.32. The summed E-state index contributed by atoms with van der Waals surface area (Å²) in [5.41, 5.74) is 2.84. The zero-order valence-electron chi connectivity index (χ0n) is 15.4. The van der Waals surface area contributed by atoms with Crippen LogP contribution in [0.2, 0.25) is 0 Å². The maximum atomic E-state index is 12.7. The summed E-state index contributed by atoms with van der Waals surface area (Å²) in [6.45, 7) is 4.23. The van der Waals surface area contributed by atoms with Crippen LogP contribution in [0, 0.1) is 0 Å². The molecule has 27 heavy (non-hydrogen) atoms. The van der Waals surface area contributed by atoms with Gasteiger partial charge in [-0.05, 0) is 42.7 Å². The Morgan fingerprint density at radius 1 is 1.15 bits per heavy atom. The fraction of sp³-hybridized carbons (Fsp3) is 0.286. The molecular weight excluding hydrogens is 338 g/mol. The first-order valence-electron chi connectivity index (χ1n) is 9.15. The molecule has 3 aromatic rings. The van der Waals surface area contributed by atoms with Gasteiger partial charge in [0.15, 0.2) is 0 Å². The van der Waals surface area contributed by atoms with E-state index in [-0.39, 0.29) is 5.91 Å². The topological polar surface area (TPSA) is 63.1 Å². The molecule has 1 fully saturated rings. The molecule has 1 N–H and O–H groups in total. The van der Waals surface area contributed by atoms with E-state index in [1.165, 1.54) is 5.56 Å². The number of aromatic nitrogens is 3. The van der Waals surface area contributed by atoms with Crippen LogP contribution in [0.15, 0.2) is 67.5 Å². The van der Waals surface area contributed by atoms with Crippen LogP contribution in [0.5, 0.6) is 0 Å². The third kappa shape index (κ3) is 3.61. The number of carbonyl (C=O) groups is 1. The SMILES string of the molecule is CC1(C(=O)NCc2cccnc2)CCN1Cc1ccc(-n2ccnc2)cc1. The summed E-state index contributed by atoms with van der Waals surface area (Å²) in [4.78, 5) is 23.1. The number of nitrogens with one attached hydrogen (secondary N) is 1. The van der Waals surface area contributed by atoms with E-state index >= 15 is 0 Å². The number of pyridine rings is 1. The van der Waals surface area contributed by atoms with Crippen LogP contribution < -0.4 is 5.32 Å². The first-order valence-corrected chi connectivity index (χ1v) is 9.15. The van der Waals surface area contributed by atoms with E-state index in [0.717, 1.165) is 30.8 Å². The average Bonchev–Trinajstić information content (AvgIpc) is 3.25. The van der Waals surface area contributed by atoms with Crippen LogP contribution in [-0.2, 0) is 17.9 Å². The maximum Gasteiger partial charge on any atom is 0.240 e. The number of rotatable bonds is 6. The molecule has 1 amide bonds. The Morgan fingerprint density at radius 3 is 2.63 bits per heavy atom. The standard InChI is InChI=1S/C21H23N5O/c1-21(20(27)24-14-18-3-2-9-22-13-18)8-11-26(21)15-17-4-6-19(7-5-17)25-12-10-23-16-25/h2-7,9-10,12-13,16H,8,11,14-15H2,1H3,(H,24,27). The fourth-order valence-corrected chi connectivity index (χ4v) is 3.40. The molecule has 1 atom stereocenters. The molecule has 0 bridgehead atoms. The van der Waals surface area contributed by atoms with Crippen LogP contribution in [0.25, 0.3) is 5.69 Å². The number of hydrogen-bond donors (Lipinski definition) is 1. The zero-order valence-corrected chi connectivity index (χ0v) is 15.4. The molecule has 6 nitrogen and oxygen atoms in total. The Bertz CT molecular complexity index is 892. The number of nitrogens with zero attached hydrogens (tertiary/aromatic N) is 4. The number of likely N-dealkylation sites (tertiary alicyclic amines) is 1. The predicted molar refractivity (Wildman–Crippen MR) is 103 cm³/mol. The van der Waals surface area contributed by atoms with Crippen molar-refractivity contribution in [3.63, 3.8) is 0 Å². The number of benzene rings is 1. The minimum absolute atomic E-state index is 0.0765. The van der Waals surface area contributed by atoms with Crippen molar-refractivity contribution < 1.29 is 4.79 Å². The normalized spacial score (nSPS) is 19.4. The summed E-state index contributed by atoms with van der Waals surface area (Å²) in [6.07, 6.45) is 9.87. The Hall–Kier alpha value is -2.99. The Labute approximate surface area is 158 Å². The van der Waals surface area contributed by atoms with Gasteiger partial charge < -0.3 is 9.88 Å². The quantitative estimate of drug-likeness (QED) is 0.733. The third-order valence-corrected chi connectivity index (χ3v) is 5.34. The van der Waals surface area contributed by atoms with Crippen molar-refractivity contribution in [2.24, 2.45) is 0 Å². The van der Waals surface area contributed by atoms with E-state index in [2.05, 4.69) is 44.5 Å². The first kappa shape index (κ1) is 17.4. The lowest BCUT2D eigenvalue weighted by molar-refractivity contribution is -0.142. The Balaban J connectivity index is 1.37. The lowest BCUT2D eigenvalue weighted by Crippen LogP contribution is -2.65. The molecule has 2 aromatic heterocycles. The summed E-state index contributed by atoms with van der Waals surface area (Å²) < 4.78 is 1.98. The molecule has 1 aliphatic heterocycles. The van der Waals surface area contributed by atoms with Crippen molar-refractivity contribution >= 4 is 5.91 Å². The average molecular weight is 361 g/mol. The molecule has 6 heteroatoms. The second kappa shape index (κ2) is 7.32. The summed E-state index contributed by atoms with van der Waals surface area (Å²) >= 11 is 0. The smallest absolute Gasteiger partial charge is 0.240 e. The Kier molecular flexibility index (Phi) is 4.73. The van der Waals surface area contributed by atoms with Crippen LogP contribution in [0.3, 0.4) is 0 Å². The Morgan fingerprint density at radius 2 is 2.00 bits per heavy atom. The molecule has 3 heterocycles. The van der Waals surface area contributed by atoms with Crippen LogP contribution in [-0.4, -0.2) is 37.4 Å². The third-order valence-electron chi connectivity index (χ3n) is 5.34. The lowest BCUT2D eigenvalue weighted by Gasteiger charge is -2.49. The molecule has 0 spiro atoms. The van der Waals surface area contributed by atoms with Gasteiger partial charge >= 0.3 is 0 Å². The van der Waals surface area contributed by atoms with Crippen LogP contribution >= 0.6 is 0 Å². The number of amides is 1. The molecule has 0 aliphatic carbocycles. The number of imidazole rings is 1. The molecule has 4 rings (SSSR count). The highest BCUT2D eigenvalue weighted by Gasteiger charge is 2.46. The van der Waals surface area contributed by atoms with Gasteiger partial charge in [-0.3, -0.25) is 14.7 Å². The number of hydrogen-bond acceptors (Lipinski definition) is 4. The van der Waals surface area contributed by atoms with Gasteiger partial charge in [0.2, 0.25) is 5.91 Å². The maximum absolute atomic E-state index is 12.7. The summed E-state index contributed by atoms with van der Waals surface area (Å²) in [6, 6.07) is 12.2. The van der Waals surface area contributed by atoms with Crippen molar-refractivity contribution in [3.05, 3.63) is 78.6 Å². The highest BCUT2D eigenvalue weighted by atomic mass is 16.2. The van der Waals surface area contributed by atoms with Crippen molar-refractivity contribution in [1.82, 2.24) is 24.8 Å². The van der Waals surface area contributed by atoms with Crippen molar-refractivity contribution in [1.29, 1.82) is 0 Å². The molecule has 1 saturated heterocycles. The van der Waals surface area contributed by atoms with Crippen LogP contribution in [0.4, 0.5) is 0 Å². The van der Waals surface area contributed by atoms with E-state index in [1.807, 2.05) is 29.8 Å². The molecule has 138 valence electrons. The molecule has 0 saturated carbocycles. The molecule has 0 radical (unpaired) electrons. The number of carbonyl (C=O) groups excluding carboxylic acids is 1. The van der Waals surface area contributed by atoms with Gasteiger partial charge in [-0.15, -0.1) is 0 Å². The van der Waals surface area contributed by atoms with E-state index in [4.69, 9.17) is 0 Å². The van der Waals surface area contributed by atoms with Gasteiger partial charge in [-0.1, -0.05) is 18.2 Å². The summed E-state index contributed by atoms with van der Waals surface area (Å²) in [7, 11) is 0. The van der Waals surface area contributed by atoms with Gasteiger partial charge in [0.1, 0.15) is 0 Å². The van der Waals surface area contributed by atoms with E-state index < -0.39 is 5.54 Å². The van der Waals surface area contributed by atoms with Gasteiger partial charge in [0, 0.05) is 50.1 Å². The molecule has 1 aliphatic rings. The van der Waals surface area contributed by atoms with Gasteiger partial charge in [0.05, 0.1) is 11.9 Å².